The van der Waals surface area contributed by atoms with Crippen LogP contribution in [0.15, 0.2) is 42.5 Å². The average Bonchev–Trinajstić information content (AvgIpc) is 2.56. The summed E-state index contributed by atoms with van der Waals surface area (Å²) in [4.78, 5) is 12.0. The number of nitrogens with one attached hydrogen (secondary N) is 2. The Labute approximate surface area is 141 Å². The number of hydrogen-bond donors (Lipinski definition) is 2. The van der Waals surface area contributed by atoms with Crippen molar-refractivity contribution in [1.82, 2.24) is 5.32 Å². The second-order valence-electron chi connectivity index (χ2n) is 5.20. The maximum absolute atomic E-state index is 12.0. The van der Waals surface area contributed by atoms with Crippen molar-refractivity contribution in [3.8, 4) is 5.75 Å². The SMILES string of the molecule is COc1ccccc1CNCCC(=O)Nc1cccc(Cl)c1C. The van der Waals surface area contributed by atoms with Crippen molar-refractivity contribution < 1.29 is 9.53 Å². The second kappa shape index (κ2) is 8.56. The van der Waals surface area contributed by atoms with Gasteiger partial charge in [-0.15, -0.1) is 0 Å². The zero-order chi connectivity index (χ0) is 16.7. The molecule has 0 aliphatic carbocycles. The molecule has 2 N–H and O–H groups in total. The molecule has 4 nitrogen and oxygen atoms in total. The van der Waals surface area contributed by atoms with Gasteiger partial charge >= 0.3 is 0 Å². The maximum atomic E-state index is 12.0. The van der Waals surface area contributed by atoms with E-state index in [-0.39, 0.29) is 5.91 Å². The van der Waals surface area contributed by atoms with Crippen molar-refractivity contribution in [2.45, 2.75) is 19.9 Å². The summed E-state index contributed by atoms with van der Waals surface area (Å²) >= 11 is 6.04. The smallest absolute Gasteiger partial charge is 0.225 e. The largest absolute Gasteiger partial charge is 0.496 e. The van der Waals surface area contributed by atoms with Crippen LogP contribution in [0.1, 0.15) is 17.5 Å². The Morgan fingerprint density at radius 3 is 2.74 bits per heavy atom. The second-order valence-corrected chi connectivity index (χ2v) is 5.61. The van der Waals surface area contributed by atoms with Gasteiger partial charge in [0.1, 0.15) is 5.75 Å². The number of amides is 1. The number of halogens is 1. The Morgan fingerprint density at radius 1 is 1.17 bits per heavy atom. The quantitative estimate of drug-likeness (QED) is 0.759. The molecule has 0 saturated carbocycles. The van der Waals surface area contributed by atoms with Crippen LogP contribution in [0.2, 0.25) is 5.02 Å². The number of ether oxygens (including phenoxy) is 1. The molecule has 0 aromatic heterocycles. The Kier molecular flexibility index (Phi) is 6.44. The van der Waals surface area contributed by atoms with Crippen LogP contribution in [0.5, 0.6) is 5.75 Å². The van der Waals surface area contributed by atoms with Gasteiger partial charge < -0.3 is 15.4 Å². The molecule has 0 radical (unpaired) electrons. The van der Waals surface area contributed by atoms with Crippen LogP contribution in [0, 0.1) is 6.92 Å². The highest BCUT2D eigenvalue weighted by molar-refractivity contribution is 6.31. The Morgan fingerprint density at radius 2 is 1.96 bits per heavy atom. The van der Waals surface area contributed by atoms with Crippen molar-refractivity contribution >= 4 is 23.2 Å². The lowest BCUT2D eigenvalue weighted by Crippen LogP contribution is -2.22. The topological polar surface area (TPSA) is 50.4 Å². The van der Waals surface area contributed by atoms with Crippen LogP contribution in [0.25, 0.3) is 0 Å². The van der Waals surface area contributed by atoms with E-state index in [2.05, 4.69) is 10.6 Å². The van der Waals surface area contributed by atoms with Crippen molar-refractivity contribution in [1.29, 1.82) is 0 Å². The normalized spacial score (nSPS) is 10.4. The summed E-state index contributed by atoms with van der Waals surface area (Å²) in [6.45, 7) is 3.13. The molecule has 0 fully saturated rings. The van der Waals surface area contributed by atoms with Gasteiger partial charge in [-0.05, 0) is 30.7 Å². The van der Waals surface area contributed by atoms with E-state index in [0.717, 1.165) is 22.6 Å². The number of anilines is 1. The monoisotopic (exact) mass is 332 g/mol. The van der Waals surface area contributed by atoms with E-state index < -0.39 is 0 Å². The number of para-hydroxylation sites is 1. The van der Waals surface area contributed by atoms with E-state index >= 15 is 0 Å². The Hall–Kier alpha value is -2.04. The summed E-state index contributed by atoms with van der Waals surface area (Å²) in [5.41, 5.74) is 2.71. The number of methoxy groups -OCH3 is 1. The molecule has 5 heteroatoms. The highest BCUT2D eigenvalue weighted by Crippen LogP contribution is 2.23. The molecule has 0 saturated heterocycles. The van der Waals surface area contributed by atoms with Gasteiger partial charge in [0, 0.05) is 35.8 Å². The van der Waals surface area contributed by atoms with E-state index in [4.69, 9.17) is 16.3 Å². The van der Waals surface area contributed by atoms with Gasteiger partial charge in [-0.3, -0.25) is 4.79 Å². The highest BCUT2D eigenvalue weighted by Gasteiger charge is 2.07. The van der Waals surface area contributed by atoms with Crippen molar-refractivity contribution in [3.63, 3.8) is 0 Å². The maximum Gasteiger partial charge on any atom is 0.225 e. The molecule has 0 bridgehead atoms. The zero-order valence-electron chi connectivity index (χ0n) is 13.4. The average molecular weight is 333 g/mol. The van der Waals surface area contributed by atoms with Crippen LogP contribution in [-0.4, -0.2) is 19.6 Å². The molecule has 1 amide bonds. The van der Waals surface area contributed by atoms with Gasteiger partial charge in [-0.2, -0.15) is 0 Å². The minimum absolute atomic E-state index is 0.0390. The summed E-state index contributed by atoms with van der Waals surface area (Å²) in [5.74, 6) is 0.807. The zero-order valence-corrected chi connectivity index (χ0v) is 14.1. The highest BCUT2D eigenvalue weighted by atomic mass is 35.5. The number of rotatable bonds is 7. The lowest BCUT2D eigenvalue weighted by atomic mass is 10.2. The fourth-order valence-electron chi connectivity index (χ4n) is 2.23. The molecule has 23 heavy (non-hydrogen) atoms. The van der Waals surface area contributed by atoms with Crippen LogP contribution < -0.4 is 15.4 Å². The van der Waals surface area contributed by atoms with Crippen LogP contribution >= 0.6 is 11.6 Å². The first-order valence-electron chi connectivity index (χ1n) is 7.49. The third-order valence-electron chi connectivity index (χ3n) is 3.58. The van der Waals surface area contributed by atoms with E-state index in [0.29, 0.717) is 24.5 Å². The summed E-state index contributed by atoms with van der Waals surface area (Å²) < 4.78 is 5.30. The van der Waals surface area contributed by atoms with Gasteiger partial charge in [0.2, 0.25) is 5.91 Å². The van der Waals surface area contributed by atoms with E-state index in [1.54, 1.807) is 13.2 Å². The molecule has 0 spiro atoms. The van der Waals surface area contributed by atoms with Crippen LogP contribution in [0.3, 0.4) is 0 Å². The summed E-state index contributed by atoms with van der Waals surface area (Å²) in [5, 5.41) is 6.79. The fourth-order valence-corrected chi connectivity index (χ4v) is 2.40. The van der Waals surface area contributed by atoms with Gasteiger partial charge in [0.25, 0.3) is 0 Å². The molecule has 2 aromatic carbocycles. The molecule has 0 unspecified atom stereocenters. The standard InChI is InChI=1S/C18H21ClN2O2/c1-13-15(19)7-5-8-16(13)21-18(22)10-11-20-12-14-6-3-4-9-17(14)23-2/h3-9,20H,10-12H2,1-2H3,(H,21,22). The van der Waals surface area contributed by atoms with Crippen molar-refractivity contribution in [3.05, 3.63) is 58.6 Å². The first kappa shape index (κ1) is 17.3. The molecule has 0 aliphatic heterocycles. The summed E-state index contributed by atoms with van der Waals surface area (Å²) in [6, 6.07) is 13.3. The van der Waals surface area contributed by atoms with Gasteiger partial charge in [0.05, 0.1) is 7.11 Å². The predicted octanol–water partition coefficient (Wildman–Crippen LogP) is 3.78. The molecule has 122 valence electrons. The van der Waals surface area contributed by atoms with Gasteiger partial charge in [-0.25, -0.2) is 0 Å². The van der Waals surface area contributed by atoms with Crippen molar-refractivity contribution in [2.24, 2.45) is 0 Å². The molecular formula is C18H21ClN2O2. The van der Waals surface area contributed by atoms with E-state index in [1.165, 1.54) is 0 Å². The lowest BCUT2D eigenvalue weighted by molar-refractivity contribution is -0.116. The fraction of sp³-hybridized carbons (Fsp3) is 0.278. The first-order valence-corrected chi connectivity index (χ1v) is 7.87. The van der Waals surface area contributed by atoms with E-state index in [1.807, 2.05) is 43.3 Å². The number of hydrogen-bond acceptors (Lipinski definition) is 3. The third-order valence-corrected chi connectivity index (χ3v) is 3.99. The van der Waals surface area contributed by atoms with E-state index in [9.17, 15) is 4.79 Å². The number of carbonyl (C=O) groups excluding carboxylic acids is 1. The predicted molar refractivity (Wildman–Crippen MR) is 94.1 cm³/mol. The molecule has 0 aliphatic rings. The number of carbonyl (C=O) groups is 1. The Balaban J connectivity index is 1.78. The van der Waals surface area contributed by atoms with Crippen LogP contribution in [0.4, 0.5) is 5.69 Å². The molecule has 2 rings (SSSR count). The molecular weight excluding hydrogens is 312 g/mol. The number of benzene rings is 2. The molecule has 0 atom stereocenters. The van der Waals surface area contributed by atoms with Gasteiger partial charge in [-0.1, -0.05) is 35.9 Å². The van der Waals surface area contributed by atoms with Crippen LogP contribution in [-0.2, 0) is 11.3 Å². The van der Waals surface area contributed by atoms with Crippen molar-refractivity contribution in [2.75, 3.05) is 19.0 Å². The van der Waals surface area contributed by atoms with Gasteiger partial charge in [0.15, 0.2) is 0 Å². The first-order chi connectivity index (χ1) is 11.1. The minimum Gasteiger partial charge on any atom is -0.496 e. The minimum atomic E-state index is -0.0390. The Bertz CT molecular complexity index is 674. The third kappa shape index (κ3) is 4.98. The molecule has 2 aromatic rings. The lowest BCUT2D eigenvalue weighted by Gasteiger charge is -2.11. The summed E-state index contributed by atoms with van der Waals surface area (Å²) in [7, 11) is 1.65. The summed E-state index contributed by atoms with van der Waals surface area (Å²) in [6.07, 6.45) is 0.390. The molecule has 0 heterocycles.